The van der Waals surface area contributed by atoms with Crippen molar-refractivity contribution < 1.29 is 0 Å². The van der Waals surface area contributed by atoms with Crippen molar-refractivity contribution in [2.75, 3.05) is 6.54 Å². The Morgan fingerprint density at radius 1 is 1.21 bits per heavy atom. The minimum absolute atomic E-state index is 0.656. The van der Waals surface area contributed by atoms with Crippen LogP contribution in [0.5, 0.6) is 0 Å². The van der Waals surface area contributed by atoms with Crippen molar-refractivity contribution in [3.05, 3.63) is 52.3 Å². The zero-order valence-electron chi connectivity index (χ0n) is 11.0. The van der Waals surface area contributed by atoms with E-state index < -0.39 is 0 Å². The Hall–Kier alpha value is -0.960. The van der Waals surface area contributed by atoms with Crippen LogP contribution in [0.3, 0.4) is 0 Å². The molecular weight excluding hydrogens is 279 g/mol. The lowest BCUT2D eigenvalue weighted by Gasteiger charge is -2.12. The van der Waals surface area contributed by atoms with Gasteiger partial charge in [-0.05, 0) is 43.3 Å². The topological polar surface area (TPSA) is 17.0 Å². The van der Waals surface area contributed by atoms with Crippen LogP contribution in [0.15, 0.2) is 36.5 Å². The van der Waals surface area contributed by atoms with Gasteiger partial charge in [0.25, 0.3) is 0 Å². The van der Waals surface area contributed by atoms with E-state index >= 15 is 0 Å². The fourth-order valence-electron chi connectivity index (χ4n) is 1.99. The average Bonchev–Trinajstić information content (AvgIpc) is 2.83. The zero-order chi connectivity index (χ0) is 13.7. The molecule has 1 aromatic carbocycles. The molecule has 2 nitrogen and oxygen atoms in total. The maximum atomic E-state index is 6.25. The van der Waals surface area contributed by atoms with E-state index in [1.807, 2.05) is 24.4 Å². The number of unbranched alkanes of at least 4 members (excludes halogenated alkanes) is 1. The molecule has 1 heterocycles. The van der Waals surface area contributed by atoms with E-state index in [0.717, 1.165) is 18.8 Å². The van der Waals surface area contributed by atoms with Crippen LogP contribution in [-0.2, 0) is 6.54 Å². The summed E-state index contributed by atoms with van der Waals surface area (Å²) in [6.45, 7) is 4.07. The van der Waals surface area contributed by atoms with Crippen LogP contribution in [0.1, 0.15) is 25.5 Å². The molecule has 0 saturated heterocycles. The lowest BCUT2D eigenvalue weighted by atomic mass is 10.3. The number of nitrogens with zero attached hydrogens (tertiary/aromatic N) is 1. The molecule has 0 saturated carbocycles. The maximum absolute atomic E-state index is 6.25. The molecule has 19 heavy (non-hydrogen) atoms. The Morgan fingerprint density at radius 2 is 2.05 bits per heavy atom. The van der Waals surface area contributed by atoms with E-state index in [0.29, 0.717) is 10.0 Å². The van der Waals surface area contributed by atoms with Gasteiger partial charge in [0.05, 0.1) is 10.7 Å². The van der Waals surface area contributed by atoms with Crippen LogP contribution < -0.4 is 5.32 Å². The molecule has 2 rings (SSSR count). The van der Waals surface area contributed by atoms with Crippen LogP contribution in [0.4, 0.5) is 0 Å². The van der Waals surface area contributed by atoms with Gasteiger partial charge in [-0.1, -0.05) is 36.5 Å². The third-order valence-corrected chi connectivity index (χ3v) is 3.55. The second-order valence-electron chi connectivity index (χ2n) is 4.50. The number of hydrogen-bond acceptors (Lipinski definition) is 1. The quantitative estimate of drug-likeness (QED) is 0.766. The van der Waals surface area contributed by atoms with Gasteiger partial charge < -0.3 is 9.88 Å². The predicted octanol–water partition coefficient (Wildman–Crippen LogP) is 4.67. The third kappa shape index (κ3) is 3.75. The van der Waals surface area contributed by atoms with Crippen LogP contribution >= 0.6 is 23.2 Å². The molecule has 0 radical (unpaired) electrons. The standard InChI is InChI=1S/C15H18Cl2N2/c1-2-3-8-18-11-13-5-4-9-19(13)15-7-6-12(16)10-14(15)17/h4-7,9-10,18H,2-3,8,11H2,1H3. The van der Waals surface area contributed by atoms with E-state index in [1.54, 1.807) is 6.07 Å². The van der Waals surface area contributed by atoms with E-state index in [4.69, 9.17) is 23.2 Å². The third-order valence-electron chi connectivity index (χ3n) is 3.02. The van der Waals surface area contributed by atoms with Gasteiger partial charge in [-0.2, -0.15) is 0 Å². The molecule has 1 aromatic heterocycles. The Balaban J connectivity index is 2.14. The van der Waals surface area contributed by atoms with Gasteiger partial charge in [0.15, 0.2) is 0 Å². The first-order valence-corrected chi connectivity index (χ1v) is 7.30. The summed E-state index contributed by atoms with van der Waals surface area (Å²) in [5.41, 5.74) is 2.16. The van der Waals surface area contributed by atoms with E-state index in [-0.39, 0.29) is 0 Å². The summed E-state index contributed by atoms with van der Waals surface area (Å²) in [5.74, 6) is 0. The molecule has 0 spiro atoms. The molecule has 0 amide bonds. The predicted molar refractivity (Wildman–Crippen MR) is 82.4 cm³/mol. The van der Waals surface area contributed by atoms with Crippen molar-refractivity contribution in [1.82, 2.24) is 9.88 Å². The summed E-state index contributed by atoms with van der Waals surface area (Å²) in [5, 5.41) is 4.76. The maximum Gasteiger partial charge on any atom is 0.0661 e. The molecule has 0 atom stereocenters. The van der Waals surface area contributed by atoms with E-state index in [1.165, 1.54) is 18.5 Å². The first-order chi connectivity index (χ1) is 9.22. The van der Waals surface area contributed by atoms with Crippen molar-refractivity contribution in [1.29, 1.82) is 0 Å². The highest BCUT2D eigenvalue weighted by Gasteiger charge is 2.07. The molecule has 0 bridgehead atoms. The lowest BCUT2D eigenvalue weighted by molar-refractivity contribution is 0.627. The van der Waals surface area contributed by atoms with E-state index in [9.17, 15) is 0 Å². The first kappa shape index (κ1) is 14.4. The Bertz CT molecular complexity index is 535. The van der Waals surface area contributed by atoms with Crippen molar-refractivity contribution in [3.8, 4) is 5.69 Å². The van der Waals surface area contributed by atoms with Gasteiger partial charge >= 0.3 is 0 Å². The molecule has 0 unspecified atom stereocenters. The largest absolute Gasteiger partial charge is 0.318 e. The smallest absolute Gasteiger partial charge is 0.0661 e. The molecular formula is C15H18Cl2N2. The fraction of sp³-hybridized carbons (Fsp3) is 0.333. The molecule has 0 aliphatic rings. The van der Waals surface area contributed by atoms with Gasteiger partial charge in [-0.25, -0.2) is 0 Å². The monoisotopic (exact) mass is 296 g/mol. The van der Waals surface area contributed by atoms with Crippen LogP contribution in [0.2, 0.25) is 10.0 Å². The molecule has 4 heteroatoms. The minimum Gasteiger partial charge on any atom is -0.318 e. The van der Waals surface area contributed by atoms with E-state index in [2.05, 4.69) is 22.9 Å². The number of hydrogen-bond donors (Lipinski definition) is 1. The number of aromatic nitrogens is 1. The summed E-state index contributed by atoms with van der Waals surface area (Å²) >= 11 is 12.2. The highest BCUT2D eigenvalue weighted by Crippen LogP contribution is 2.25. The number of halogens is 2. The van der Waals surface area contributed by atoms with Crippen molar-refractivity contribution in [2.45, 2.75) is 26.3 Å². The SMILES string of the molecule is CCCCNCc1cccn1-c1ccc(Cl)cc1Cl. The normalized spacial score (nSPS) is 10.9. The molecule has 0 aliphatic carbocycles. The van der Waals surface area contributed by atoms with Crippen LogP contribution in [0, 0.1) is 0 Å². The van der Waals surface area contributed by atoms with Gasteiger partial charge in [0.2, 0.25) is 0 Å². The highest BCUT2D eigenvalue weighted by molar-refractivity contribution is 6.35. The van der Waals surface area contributed by atoms with Crippen molar-refractivity contribution in [2.24, 2.45) is 0 Å². The summed E-state index contributed by atoms with van der Waals surface area (Å²) in [4.78, 5) is 0. The number of nitrogens with one attached hydrogen (secondary N) is 1. The summed E-state index contributed by atoms with van der Waals surface area (Å²) in [6.07, 6.45) is 4.42. The Morgan fingerprint density at radius 3 is 2.79 bits per heavy atom. The molecule has 0 fully saturated rings. The molecule has 0 aliphatic heterocycles. The molecule has 2 aromatic rings. The second-order valence-corrected chi connectivity index (χ2v) is 5.34. The van der Waals surface area contributed by atoms with Gasteiger partial charge in [-0.15, -0.1) is 0 Å². The number of benzene rings is 1. The highest BCUT2D eigenvalue weighted by atomic mass is 35.5. The Kier molecular flexibility index (Phi) is 5.32. The summed E-state index contributed by atoms with van der Waals surface area (Å²) < 4.78 is 2.09. The summed E-state index contributed by atoms with van der Waals surface area (Å²) in [7, 11) is 0. The average molecular weight is 297 g/mol. The second kappa shape index (κ2) is 6.99. The van der Waals surface area contributed by atoms with Crippen molar-refractivity contribution in [3.63, 3.8) is 0 Å². The van der Waals surface area contributed by atoms with Gasteiger partial charge in [0.1, 0.15) is 0 Å². The summed E-state index contributed by atoms with van der Waals surface area (Å²) in [6, 6.07) is 9.70. The van der Waals surface area contributed by atoms with Gasteiger partial charge in [-0.3, -0.25) is 0 Å². The molecule has 1 N–H and O–H groups in total. The fourth-order valence-corrected chi connectivity index (χ4v) is 2.49. The Labute approximate surface area is 124 Å². The molecule has 102 valence electrons. The first-order valence-electron chi connectivity index (χ1n) is 6.54. The van der Waals surface area contributed by atoms with Gasteiger partial charge in [0, 0.05) is 23.5 Å². The van der Waals surface area contributed by atoms with Crippen LogP contribution in [0.25, 0.3) is 5.69 Å². The minimum atomic E-state index is 0.656. The number of rotatable bonds is 6. The lowest BCUT2D eigenvalue weighted by Crippen LogP contribution is -2.16. The zero-order valence-corrected chi connectivity index (χ0v) is 12.5. The van der Waals surface area contributed by atoms with Crippen molar-refractivity contribution >= 4 is 23.2 Å². The van der Waals surface area contributed by atoms with Crippen LogP contribution in [-0.4, -0.2) is 11.1 Å².